The zero-order chi connectivity index (χ0) is 18.8. The molecule has 2 aromatic rings. The van der Waals surface area contributed by atoms with Crippen LogP contribution in [-0.2, 0) is 9.31 Å². The van der Waals surface area contributed by atoms with Gasteiger partial charge in [-0.1, -0.05) is 42.8 Å². The van der Waals surface area contributed by atoms with Gasteiger partial charge >= 0.3 is 7.12 Å². The van der Waals surface area contributed by atoms with Crippen LogP contribution in [0.1, 0.15) is 53.3 Å². The number of rotatable bonds is 1. The highest BCUT2D eigenvalue weighted by Gasteiger charge is 2.53. The number of hydrogen-bond donors (Lipinski definition) is 0. The van der Waals surface area contributed by atoms with Gasteiger partial charge in [-0.05, 0) is 45.2 Å². The lowest BCUT2D eigenvalue weighted by molar-refractivity contribution is 0.00578. The van der Waals surface area contributed by atoms with Crippen LogP contribution in [0.25, 0.3) is 10.9 Å². The van der Waals surface area contributed by atoms with Gasteiger partial charge in [-0.15, -0.1) is 0 Å². The average Bonchev–Trinajstić information content (AvgIpc) is 2.95. The predicted octanol–water partition coefficient (Wildman–Crippen LogP) is 4.39. The molecule has 1 aliphatic heterocycles. The van der Waals surface area contributed by atoms with Crippen molar-refractivity contribution in [2.24, 2.45) is 5.41 Å². The van der Waals surface area contributed by atoms with Crippen LogP contribution < -0.4 is 5.46 Å². The van der Waals surface area contributed by atoms with Crippen LogP contribution in [0, 0.1) is 5.41 Å². The minimum Gasteiger partial charge on any atom is -0.399 e. The monoisotopic (exact) mass is 405 g/mol. The van der Waals surface area contributed by atoms with Crippen molar-refractivity contribution in [3.8, 4) is 0 Å². The van der Waals surface area contributed by atoms with Gasteiger partial charge in [0.1, 0.15) is 0 Å². The first-order valence-corrected chi connectivity index (χ1v) is 9.34. The molecular formula is C19H25BBrNO3. The highest BCUT2D eigenvalue weighted by atomic mass is 79.9. The number of benzene rings is 1. The topological polar surface area (TPSA) is 40.5 Å². The van der Waals surface area contributed by atoms with Gasteiger partial charge in [-0.2, -0.15) is 0 Å². The van der Waals surface area contributed by atoms with Crippen LogP contribution in [0.5, 0.6) is 0 Å². The summed E-state index contributed by atoms with van der Waals surface area (Å²) in [5.74, 6) is 0.0402. The Labute approximate surface area is 158 Å². The summed E-state index contributed by atoms with van der Waals surface area (Å²) in [5.41, 5.74) is 0.336. The van der Waals surface area contributed by atoms with E-state index >= 15 is 0 Å². The molecule has 134 valence electrons. The average molecular weight is 406 g/mol. The fourth-order valence-electron chi connectivity index (χ4n) is 2.95. The number of nitrogens with zero attached hydrogens (tertiary/aromatic N) is 1. The first-order chi connectivity index (χ1) is 11.3. The fraction of sp³-hybridized carbons (Fsp3) is 0.526. The van der Waals surface area contributed by atoms with Crippen LogP contribution >= 0.6 is 15.9 Å². The van der Waals surface area contributed by atoms with Gasteiger partial charge in [0.15, 0.2) is 0 Å². The Kier molecular flexibility index (Phi) is 4.26. The largest absolute Gasteiger partial charge is 0.498 e. The van der Waals surface area contributed by atoms with Crippen molar-refractivity contribution in [2.75, 3.05) is 0 Å². The molecule has 0 atom stereocenters. The number of fused-ring (bicyclic) bond motifs is 1. The summed E-state index contributed by atoms with van der Waals surface area (Å²) in [7, 11) is -0.538. The van der Waals surface area contributed by atoms with Crippen molar-refractivity contribution >= 4 is 45.3 Å². The number of carbonyl (C=O) groups is 1. The molecule has 1 aromatic heterocycles. The maximum atomic E-state index is 12.9. The minimum atomic E-state index is -0.538. The molecule has 2 heterocycles. The number of carbonyl (C=O) groups excluding carboxylic acids is 1. The Morgan fingerprint density at radius 1 is 1.08 bits per heavy atom. The van der Waals surface area contributed by atoms with Crippen LogP contribution in [0.15, 0.2) is 28.9 Å². The van der Waals surface area contributed by atoms with Crippen molar-refractivity contribution in [1.82, 2.24) is 4.57 Å². The Hall–Kier alpha value is -1.11. The number of aromatic nitrogens is 1. The fourth-order valence-corrected chi connectivity index (χ4v) is 3.46. The van der Waals surface area contributed by atoms with E-state index in [0.29, 0.717) is 0 Å². The van der Waals surface area contributed by atoms with Crippen LogP contribution in [-0.4, -0.2) is 28.8 Å². The Bertz CT molecular complexity index is 832. The molecule has 1 aromatic carbocycles. The van der Waals surface area contributed by atoms with E-state index in [4.69, 9.17) is 9.31 Å². The molecule has 1 aliphatic rings. The van der Waals surface area contributed by atoms with Gasteiger partial charge in [0, 0.05) is 21.5 Å². The molecule has 0 amide bonds. The van der Waals surface area contributed by atoms with E-state index in [1.807, 2.05) is 72.9 Å². The summed E-state index contributed by atoms with van der Waals surface area (Å²) >= 11 is 3.64. The summed E-state index contributed by atoms with van der Waals surface area (Å²) < 4.78 is 15.1. The van der Waals surface area contributed by atoms with Crippen molar-refractivity contribution in [1.29, 1.82) is 0 Å². The van der Waals surface area contributed by atoms with Gasteiger partial charge < -0.3 is 9.31 Å². The van der Waals surface area contributed by atoms with Crippen molar-refractivity contribution in [3.63, 3.8) is 0 Å². The van der Waals surface area contributed by atoms with Gasteiger partial charge in [-0.25, -0.2) is 0 Å². The van der Waals surface area contributed by atoms with Gasteiger partial charge in [-0.3, -0.25) is 9.36 Å². The summed E-state index contributed by atoms with van der Waals surface area (Å²) in [5, 5.41) is 0.991. The molecule has 4 nitrogen and oxygen atoms in total. The molecular weight excluding hydrogens is 381 g/mol. The molecule has 3 rings (SSSR count). The lowest BCUT2D eigenvalue weighted by atomic mass is 9.77. The van der Waals surface area contributed by atoms with E-state index in [0.717, 1.165) is 20.8 Å². The highest BCUT2D eigenvalue weighted by molar-refractivity contribution is 9.10. The molecule has 1 saturated heterocycles. The second kappa shape index (κ2) is 5.70. The van der Waals surface area contributed by atoms with E-state index < -0.39 is 23.7 Å². The van der Waals surface area contributed by atoms with Crippen LogP contribution in [0.2, 0.25) is 0 Å². The van der Waals surface area contributed by atoms with Crippen molar-refractivity contribution in [2.45, 2.75) is 59.7 Å². The molecule has 0 unspecified atom stereocenters. The van der Waals surface area contributed by atoms with Crippen LogP contribution in [0.3, 0.4) is 0 Å². The Balaban J connectivity index is 2.21. The van der Waals surface area contributed by atoms with E-state index in [9.17, 15) is 4.79 Å². The molecule has 0 aliphatic carbocycles. The molecule has 1 fully saturated rings. The smallest absolute Gasteiger partial charge is 0.399 e. The molecule has 0 radical (unpaired) electrons. The van der Waals surface area contributed by atoms with E-state index in [-0.39, 0.29) is 5.91 Å². The van der Waals surface area contributed by atoms with E-state index in [2.05, 4.69) is 15.9 Å². The summed E-state index contributed by atoms with van der Waals surface area (Å²) in [6.07, 6.45) is 1.83. The zero-order valence-corrected chi connectivity index (χ0v) is 17.5. The van der Waals surface area contributed by atoms with E-state index in [1.165, 1.54) is 0 Å². The second-order valence-electron chi connectivity index (χ2n) is 8.73. The number of halogens is 1. The minimum absolute atomic E-state index is 0.0402. The Morgan fingerprint density at radius 3 is 2.16 bits per heavy atom. The van der Waals surface area contributed by atoms with Crippen molar-refractivity contribution in [3.05, 3.63) is 28.9 Å². The maximum Gasteiger partial charge on any atom is 0.498 e. The third-order valence-corrected chi connectivity index (χ3v) is 5.88. The lowest BCUT2D eigenvalue weighted by Gasteiger charge is -2.32. The van der Waals surface area contributed by atoms with Gasteiger partial charge in [0.05, 0.1) is 16.7 Å². The number of hydrogen-bond acceptors (Lipinski definition) is 3. The molecule has 0 N–H and O–H groups in total. The highest BCUT2D eigenvalue weighted by Crippen LogP contribution is 2.38. The predicted molar refractivity (Wildman–Crippen MR) is 105 cm³/mol. The van der Waals surface area contributed by atoms with Gasteiger partial charge in [0.25, 0.3) is 0 Å². The van der Waals surface area contributed by atoms with Crippen molar-refractivity contribution < 1.29 is 14.1 Å². The molecule has 0 bridgehead atoms. The van der Waals surface area contributed by atoms with Crippen LogP contribution in [0.4, 0.5) is 0 Å². The standard InChI is InChI=1S/C19H25BBrNO3/c1-17(2,3)16(23)22-11-10-12-8-9-13(21)14(15(12)22)20-24-18(4,5)19(6,7)25-20/h8-11H,1-7H3. The first kappa shape index (κ1) is 18.7. The molecule has 0 spiro atoms. The summed E-state index contributed by atoms with van der Waals surface area (Å²) in [4.78, 5) is 12.9. The third kappa shape index (κ3) is 2.98. The summed E-state index contributed by atoms with van der Waals surface area (Å²) in [6.45, 7) is 13.9. The first-order valence-electron chi connectivity index (χ1n) is 8.55. The molecule has 6 heteroatoms. The molecule has 25 heavy (non-hydrogen) atoms. The lowest BCUT2D eigenvalue weighted by Crippen LogP contribution is -2.41. The maximum absolute atomic E-state index is 12.9. The summed E-state index contributed by atoms with van der Waals surface area (Å²) in [6, 6.07) is 5.94. The second-order valence-corrected chi connectivity index (χ2v) is 9.58. The third-order valence-electron chi connectivity index (χ3n) is 5.19. The van der Waals surface area contributed by atoms with E-state index in [1.54, 1.807) is 4.57 Å². The zero-order valence-electron chi connectivity index (χ0n) is 15.9. The Morgan fingerprint density at radius 2 is 1.64 bits per heavy atom. The quantitative estimate of drug-likeness (QED) is 0.660. The normalized spacial score (nSPS) is 19.6. The molecule has 0 saturated carbocycles. The van der Waals surface area contributed by atoms with Gasteiger partial charge in [0.2, 0.25) is 5.91 Å². The SMILES string of the molecule is CC(C)(C)C(=O)n1ccc2ccc(Br)c(B3OC(C)(C)C(C)(C)O3)c21.